The molecule has 0 aliphatic heterocycles. The van der Waals surface area contributed by atoms with Crippen molar-refractivity contribution in [1.29, 1.82) is 0 Å². The van der Waals surface area contributed by atoms with Gasteiger partial charge in [0.1, 0.15) is 0 Å². The Balaban J connectivity index is 1.35. The fourth-order valence-electron chi connectivity index (χ4n) is 9.36. The van der Waals surface area contributed by atoms with E-state index in [1.807, 2.05) is 0 Å². The van der Waals surface area contributed by atoms with Crippen molar-refractivity contribution in [2.24, 2.45) is 52.3 Å². The minimum atomic E-state index is -0.854. The van der Waals surface area contributed by atoms with Crippen LogP contribution in [-0.4, -0.2) is 45.9 Å². The molecule has 0 saturated heterocycles. The molecule has 0 heterocycles. The zero-order valence-corrected chi connectivity index (χ0v) is 22.3. The van der Waals surface area contributed by atoms with Crippen LogP contribution in [0.4, 0.5) is 0 Å². The lowest BCUT2D eigenvalue weighted by molar-refractivity contribution is -0.174. The number of carbonyl (C=O) groups is 2. The largest absolute Gasteiger partial charge is 0.481 e. The number of carboxylic acids is 1. The quantitative estimate of drug-likeness (QED) is 0.396. The minimum absolute atomic E-state index is 0.0567. The molecule has 4 fully saturated rings. The van der Waals surface area contributed by atoms with Gasteiger partial charge in [0.05, 0.1) is 18.1 Å². The summed E-state index contributed by atoms with van der Waals surface area (Å²) in [6, 6.07) is 0. The highest BCUT2D eigenvalue weighted by molar-refractivity contribution is 5.77. The number of hydrogen-bond donors (Lipinski definition) is 4. The molecule has 0 aromatic carbocycles. The summed E-state index contributed by atoms with van der Waals surface area (Å²) < 4.78 is 0. The zero-order chi connectivity index (χ0) is 25.5. The summed E-state index contributed by atoms with van der Waals surface area (Å²) in [6.45, 7) is 9.36. The molecule has 6 nitrogen and oxygen atoms in total. The van der Waals surface area contributed by atoms with E-state index in [0.717, 1.165) is 38.5 Å². The highest BCUT2D eigenvalue weighted by Gasteiger charge is 2.63. The van der Waals surface area contributed by atoms with Crippen molar-refractivity contribution in [2.75, 3.05) is 6.54 Å². The summed E-state index contributed by atoms with van der Waals surface area (Å²) in [6.07, 6.45) is 9.79. The Morgan fingerprint density at radius 1 is 0.971 bits per heavy atom. The molecule has 5 unspecified atom stereocenters. The highest BCUT2D eigenvalue weighted by Crippen LogP contribution is 2.68. The number of aliphatic hydroxyl groups excluding tert-OH is 2. The van der Waals surface area contributed by atoms with Crippen LogP contribution in [0.5, 0.6) is 0 Å². The molecule has 0 spiro atoms. The summed E-state index contributed by atoms with van der Waals surface area (Å²) in [5.41, 5.74) is 0.204. The molecule has 0 bridgehead atoms. The first-order valence-corrected chi connectivity index (χ1v) is 14.3. The Kier molecular flexibility index (Phi) is 7.93. The van der Waals surface area contributed by atoms with Gasteiger partial charge in [-0.15, -0.1) is 0 Å². The van der Waals surface area contributed by atoms with E-state index < -0.39 is 11.9 Å². The number of rotatable bonds is 8. The van der Waals surface area contributed by atoms with Crippen molar-refractivity contribution in [1.82, 2.24) is 5.32 Å². The second-order valence-corrected chi connectivity index (χ2v) is 13.3. The van der Waals surface area contributed by atoms with Crippen LogP contribution >= 0.6 is 0 Å². The second kappa shape index (κ2) is 10.3. The van der Waals surface area contributed by atoms with E-state index in [9.17, 15) is 19.8 Å². The van der Waals surface area contributed by atoms with Gasteiger partial charge in [0.15, 0.2) is 0 Å². The Hall–Kier alpha value is -1.14. The summed E-state index contributed by atoms with van der Waals surface area (Å²) in [5.74, 6) is 1.90. The van der Waals surface area contributed by atoms with Gasteiger partial charge in [0.2, 0.25) is 5.91 Å². The lowest BCUT2D eigenvalue weighted by Crippen LogP contribution is -2.58. The highest BCUT2D eigenvalue weighted by atomic mass is 16.4. The number of nitrogens with one attached hydrogen (secondary N) is 1. The number of carbonyl (C=O) groups excluding carboxylic acids is 1. The molecule has 4 saturated carbocycles. The molecule has 35 heavy (non-hydrogen) atoms. The molecule has 4 N–H and O–H groups in total. The van der Waals surface area contributed by atoms with Crippen LogP contribution in [0.2, 0.25) is 0 Å². The maximum absolute atomic E-state index is 12.2. The molecule has 0 aromatic rings. The maximum atomic E-state index is 12.2. The predicted octanol–water partition coefficient (Wildman–Crippen LogP) is 4.62. The number of amides is 1. The van der Waals surface area contributed by atoms with Crippen molar-refractivity contribution < 1.29 is 24.9 Å². The summed E-state index contributed by atoms with van der Waals surface area (Å²) in [4.78, 5) is 23.1. The van der Waals surface area contributed by atoms with E-state index in [1.165, 1.54) is 19.3 Å². The fourth-order valence-corrected chi connectivity index (χ4v) is 9.36. The van der Waals surface area contributed by atoms with E-state index in [1.54, 1.807) is 6.92 Å². The van der Waals surface area contributed by atoms with Crippen molar-refractivity contribution in [3.63, 3.8) is 0 Å². The van der Waals surface area contributed by atoms with E-state index in [0.29, 0.717) is 48.5 Å². The molecule has 4 aliphatic carbocycles. The van der Waals surface area contributed by atoms with Gasteiger partial charge < -0.3 is 20.6 Å². The van der Waals surface area contributed by atoms with Crippen LogP contribution in [0.1, 0.15) is 98.3 Å². The molecular weight excluding hydrogens is 442 g/mol. The molecule has 0 radical (unpaired) electrons. The van der Waals surface area contributed by atoms with E-state index in [-0.39, 0.29) is 35.4 Å². The Labute approximate surface area is 211 Å². The third-order valence-corrected chi connectivity index (χ3v) is 11.7. The van der Waals surface area contributed by atoms with Gasteiger partial charge in [-0.1, -0.05) is 27.7 Å². The maximum Gasteiger partial charge on any atom is 0.306 e. The normalized spacial score (nSPS) is 44.5. The van der Waals surface area contributed by atoms with Gasteiger partial charge in [-0.3, -0.25) is 9.59 Å². The van der Waals surface area contributed by atoms with Gasteiger partial charge in [0.25, 0.3) is 0 Å². The monoisotopic (exact) mass is 491 g/mol. The van der Waals surface area contributed by atoms with Crippen molar-refractivity contribution in [2.45, 2.75) is 111 Å². The smallest absolute Gasteiger partial charge is 0.306 e. The van der Waals surface area contributed by atoms with Gasteiger partial charge >= 0.3 is 5.97 Å². The molecule has 200 valence electrons. The molecule has 6 heteroatoms. The molecular formula is C29H49NO5. The number of aliphatic hydroxyl groups is 2. The average molecular weight is 492 g/mol. The van der Waals surface area contributed by atoms with Gasteiger partial charge in [0, 0.05) is 13.0 Å². The van der Waals surface area contributed by atoms with Gasteiger partial charge in [-0.05, 0) is 111 Å². The number of aliphatic carboxylic acids is 1. The van der Waals surface area contributed by atoms with Crippen LogP contribution in [-0.2, 0) is 9.59 Å². The molecule has 11 atom stereocenters. The van der Waals surface area contributed by atoms with Crippen molar-refractivity contribution in [3.8, 4) is 0 Å². The third kappa shape index (κ3) is 4.91. The lowest BCUT2D eigenvalue weighted by atomic mass is 9.43. The summed E-state index contributed by atoms with van der Waals surface area (Å²) >= 11 is 0. The first kappa shape index (κ1) is 26.9. The SMILES string of the molecule is CC(CCC(=O)NCC[C@@H](C)C1CCC2C3CC[C@@H]4C[C@H](O)CC[C@]4(C)C3C[C@H](O)[C@@]21C)C(=O)O. The number of carboxylic acid groups (broad SMARTS) is 1. The predicted molar refractivity (Wildman–Crippen MR) is 135 cm³/mol. The molecule has 4 rings (SSSR count). The second-order valence-electron chi connectivity index (χ2n) is 13.3. The Bertz CT molecular complexity index is 787. The summed E-state index contributed by atoms with van der Waals surface area (Å²) in [7, 11) is 0. The number of hydrogen-bond acceptors (Lipinski definition) is 4. The van der Waals surface area contributed by atoms with Crippen molar-refractivity contribution >= 4 is 11.9 Å². The molecule has 1 amide bonds. The van der Waals surface area contributed by atoms with Crippen LogP contribution in [0.25, 0.3) is 0 Å². The average Bonchev–Trinajstić information content (AvgIpc) is 3.17. The van der Waals surface area contributed by atoms with Crippen LogP contribution in [0.3, 0.4) is 0 Å². The molecule has 4 aliphatic rings. The standard InChI is InChI=1S/C29H49NO5/c1-17(12-14-30-26(33)10-5-18(2)27(34)35)22-8-9-23-21-7-6-19-15-20(31)11-13-28(19,3)24(21)16-25(32)29(22,23)4/h17-25,31-32H,5-16H2,1-4H3,(H,30,33)(H,34,35)/t17-,18?,19-,20-,21?,22?,23?,24?,25+,28+,29-/m1/s1. The lowest BCUT2D eigenvalue weighted by Gasteiger charge is -2.62. The van der Waals surface area contributed by atoms with Gasteiger partial charge in [-0.25, -0.2) is 0 Å². The number of fused-ring (bicyclic) bond motifs is 5. The van der Waals surface area contributed by atoms with Crippen molar-refractivity contribution in [3.05, 3.63) is 0 Å². The first-order chi connectivity index (χ1) is 16.5. The minimum Gasteiger partial charge on any atom is -0.481 e. The first-order valence-electron chi connectivity index (χ1n) is 14.3. The van der Waals surface area contributed by atoms with Gasteiger partial charge in [-0.2, -0.15) is 0 Å². The van der Waals surface area contributed by atoms with E-state index in [4.69, 9.17) is 5.11 Å². The summed E-state index contributed by atoms with van der Waals surface area (Å²) in [5, 5.41) is 33.9. The van der Waals surface area contributed by atoms with Crippen LogP contribution in [0, 0.1) is 52.3 Å². The molecule has 0 aromatic heterocycles. The Morgan fingerprint density at radius 3 is 2.43 bits per heavy atom. The van der Waals surface area contributed by atoms with E-state index in [2.05, 4.69) is 26.1 Å². The zero-order valence-electron chi connectivity index (χ0n) is 22.3. The topological polar surface area (TPSA) is 107 Å². The third-order valence-electron chi connectivity index (χ3n) is 11.7. The van der Waals surface area contributed by atoms with Crippen LogP contribution in [0.15, 0.2) is 0 Å². The van der Waals surface area contributed by atoms with E-state index >= 15 is 0 Å². The fraction of sp³-hybridized carbons (Fsp3) is 0.931. The van der Waals surface area contributed by atoms with Crippen LogP contribution < -0.4 is 5.32 Å². The Morgan fingerprint density at radius 2 is 1.71 bits per heavy atom.